The maximum Gasteiger partial charge on any atom is 0.336 e. The number of pyridine rings is 1. The number of hydrazone groups is 1. The average molecular weight is 454 g/mol. The number of carbonyl (C=O) groups is 2. The third-order valence-corrected chi connectivity index (χ3v) is 4.15. The molecule has 146 valence electrons. The molecule has 2 aromatic heterocycles. The summed E-state index contributed by atoms with van der Waals surface area (Å²) in [7, 11) is 0. The summed E-state index contributed by atoms with van der Waals surface area (Å²) in [5, 5.41) is 3.94. The van der Waals surface area contributed by atoms with E-state index in [9.17, 15) is 9.59 Å². The average Bonchev–Trinajstić information content (AvgIpc) is 3.22. The zero-order chi connectivity index (χ0) is 20.6. The Morgan fingerprint density at radius 2 is 2.10 bits per heavy atom. The lowest BCUT2D eigenvalue weighted by Crippen LogP contribution is -2.18. The van der Waals surface area contributed by atoms with Crippen LogP contribution in [0.3, 0.4) is 0 Å². The maximum atomic E-state index is 12.1. The van der Waals surface area contributed by atoms with Crippen molar-refractivity contribution in [1.29, 1.82) is 0 Å². The second-order valence-electron chi connectivity index (χ2n) is 5.84. The van der Waals surface area contributed by atoms with Crippen molar-refractivity contribution in [3.05, 3.63) is 88.1 Å². The molecule has 0 radical (unpaired) electrons. The molecule has 1 amide bonds. The van der Waals surface area contributed by atoms with Crippen molar-refractivity contribution < 1.29 is 18.7 Å². The fourth-order valence-electron chi connectivity index (χ4n) is 2.22. The van der Waals surface area contributed by atoms with Gasteiger partial charge in [-0.05, 0) is 55.5 Å². The van der Waals surface area contributed by atoms with Gasteiger partial charge < -0.3 is 9.15 Å². The Morgan fingerprint density at radius 1 is 1.24 bits per heavy atom. The Morgan fingerprint density at radius 3 is 2.83 bits per heavy atom. The van der Waals surface area contributed by atoms with Gasteiger partial charge in [0, 0.05) is 28.0 Å². The molecule has 2 heterocycles. The summed E-state index contributed by atoms with van der Waals surface area (Å²) >= 11 is 3.36. The second-order valence-corrected chi connectivity index (χ2v) is 6.76. The SMILES string of the molecule is Cc1ccc(C(=O)NN=Cc2cc(Br)ccc2OC(=O)C=Cc2ccco2)cn1. The lowest BCUT2D eigenvalue weighted by atomic mass is 10.2. The number of furan rings is 1. The third kappa shape index (κ3) is 5.98. The van der Waals surface area contributed by atoms with Gasteiger partial charge in [0.15, 0.2) is 0 Å². The smallest absolute Gasteiger partial charge is 0.336 e. The number of aryl methyl sites for hydroxylation is 1. The standard InChI is InChI=1S/C21H16BrN3O4/c1-14-4-5-15(12-23-14)21(27)25-24-13-16-11-17(22)6-8-19(16)29-20(26)9-7-18-3-2-10-28-18/h2-13H,1H3,(H,25,27). The first kappa shape index (κ1) is 20.2. The summed E-state index contributed by atoms with van der Waals surface area (Å²) in [6.07, 6.45) is 7.13. The lowest BCUT2D eigenvalue weighted by molar-refractivity contribution is -0.128. The Hall–Kier alpha value is -3.52. The Labute approximate surface area is 175 Å². The number of carbonyl (C=O) groups excluding carboxylic acids is 2. The van der Waals surface area contributed by atoms with Gasteiger partial charge in [-0.15, -0.1) is 0 Å². The van der Waals surface area contributed by atoms with E-state index in [-0.39, 0.29) is 5.75 Å². The maximum absolute atomic E-state index is 12.1. The van der Waals surface area contributed by atoms with Crippen LogP contribution in [0.5, 0.6) is 5.75 Å². The Bertz CT molecular complexity index is 1060. The van der Waals surface area contributed by atoms with Gasteiger partial charge in [0.2, 0.25) is 0 Å². The van der Waals surface area contributed by atoms with Crippen LogP contribution in [0, 0.1) is 6.92 Å². The number of nitrogens with one attached hydrogen (secondary N) is 1. The first-order valence-electron chi connectivity index (χ1n) is 8.50. The summed E-state index contributed by atoms with van der Waals surface area (Å²) in [5.41, 5.74) is 4.12. The van der Waals surface area contributed by atoms with Crippen molar-refractivity contribution >= 4 is 40.1 Å². The molecule has 0 unspecified atom stereocenters. The van der Waals surface area contributed by atoms with Gasteiger partial charge in [-0.3, -0.25) is 9.78 Å². The van der Waals surface area contributed by atoms with Crippen molar-refractivity contribution in [2.24, 2.45) is 5.10 Å². The highest BCUT2D eigenvalue weighted by atomic mass is 79.9. The summed E-state index contributed by atoms with van der Waals surface area (Å²) in [4.78, 5) is 28.2. The first-order valence-corrected chi connectivity index (χ1v) is 9.29. The molecule has 8 heteroatoms. The predicted octanol–water partition coefficient (Wildman–Crippen LogP) is 4.13. The van der Waals surface area contributed by atoms with E-state index in [2.05, 4.69) is 31.4 Å². The van der Waals surface area contributed by atoms with E-state index in [1.807, 2.05) is 6.92 Å². The van der Waals surface area contributed by atoms with Crippen LogP contribution in [0.25, 0.3) is 6.08 Å². The van der Waals surface area contributed by atoms with Crippen LogP contribution in [0.15, 0.2) is 75.0 Å². The summed E-state index contributed by atoms with van der Waals surface area (Å²) in [6, 6.07) is 11.9. The van der Waals surface area contributed by atoms with Crippen molar-refractivity contribution in [1.82, 2.24) is 10.4 Å². The Balaban J connectivity index is 1.67. The number of hydrogen-bond donors (Lipinski definition) is 1. The number of aromatic nitrogens is 1. The largest absolute Gasteiger partial charge is 0.465 e. The molecule has 1 aromatic carbocycles. The number of benzene rings is 1. The number of rotatable bonds is 6. The monoisotopic (exact) mass is 453 g/mol. The van der Waals surface area contributed by atoms with E-state index in [4.69, 9.17) is 9.15 Å². The number of amides is 1. The van der Waals surface area contributed by atoms with Crippen LogP contribution >= 0.6 is 15.9 Å². The molecule has 0 bridgehead atoms. The van der Waals surface area contributed by atoms with Crippen LogP contribution in [0.4, 0.5) is 0 Å². The van der Waals surface area contributed by atoms with E-state index in [1.165, 1.54) is 30.8 Å². The summed E-state index contributed by atoms with van der Waals surface area (Å²) in [5.74, 6) is -0.151. The summed E-state index contributed by atoms with van der Waals surface area (Å²) < 4.78 is 11.2. The summed E-state index contributed by atoms with van der Waals surface area (Å²) in [6.45, 7) is 1.83. The fourth-order valence-corrected chi connectivity index (χ4v) is 2.60. The van der Waals surface area contributed by atoms with Gasteiger partial charge in [0.05, 0.1) is 18.0 Å². The van der Waals surface area contributed by atoms with E-state index in [0.29, 0.717) is 16.9 Å². The van der Waals surface area contributed by atoms with Crippen molar-refractivity contribution in [3.8, 4) is 5.75 Å². The number of hydrogen-bond acceptors (Lipinski definition) is 6. The zero-order valence-electron chi connectivity index (χ0n) is 15.3. The van der Waals surface area contributed by atoms with Crippen LogP contribution in [0.2, 0.25) is 0 Å². The van der Waals surface area contributed by atoms with Crippen LogP contribution in [-0.2, 0) is 4.79 Å². The normalized spacial score (nSPS) is 11.1. The Kier molecular flexibility index (Phi) is 6.70. The van der Waals surface area contributed by atoms with Crippen molar-refractivity contribution in [2.45, 2.75) is 6.92 Å². The lowest BCUT2D eigenvalue weighted by Gasteiger charge is -2.06. The molecule has 7 nitrogen and oxygen atoms in total. The van der Waals surface area contributed by atoms with E-state index in [1.54, 1.807) is 42.5 Å². The molecular formula is C21H16BrN3O4. The molecule has 0 spiro atoms. The molecule has 3 rings (SSSR count). The van der Waals surface area contributed by atoms with E-state index >= 15 is 0 Å². The minimum Gasteiger partial charge on any atom is -0.465 e. The number of halogens is 1. The van der Waals surface area contributed by atoms with Gasteiger partial charge in [-0.2, -0.15) is 5.10 Å². The molecule has 0 fully saturated rings. The zero-order valence-corrected chi connectivity index (χ0v) is 16.9. The second kappa shape index (κ2) is 9.61. The third-order valence-electron chi connectivity index (χ3n) is 3.65. The molecule has 0 saturated heterocycles. The van der Waals surface area contributed by atoms with Crippen LogP contribution in [0.1, 0.15) is 27.4 Å². The highest BCUT2D eigenvalue weighted by Gasteiger charge is 2.08. The van der Waals surface area contributed by atoms with Crippen LogP contribution in [-0.4, -0.2) is 23.1 Å². The highest BCUT2D eigenvalue weighted by molar-refractivity contribution is 9.10. The molecule has 29 heavy (non-hydrogen) atoms. The number of nitrogens with zero attached hydrogens (tertiary/aromatic N) is 2. The van der Waals surface area contributed by atoms with Crippen LogP contribution < -0.4 is 10.2 Å². The van der Waals surface area contributed by atoms with Crippen molar-refractivity contribution in [3.63, 3.8) is 0 Å². The molecular weight excluding hydrogens is 438 g/mol. The number of ether oxygens (including phenoxy) is 1. The molecule has 0 atom stereocenters. The minimum absolute atomic E-state index is 0.289. The topological polar surface area (TPSA) is 93.8 Å². The molecule has 0 saturated carbocycles. The first-order chi connectivity index (χ1) is 14.0. The minimum atomic E-state index is -0.576. The molecule has 0 aliphatic rings. The number of esters is 1. The molecule has 3 aromatic rings. The predicted molar refractivity (Wildman–Crippen MR) is 112 cm³/mol. The van der Waals surface area contributed by atoms with Crippen molar-refractivity contribution in [2.75, 3.05) is 0 Å². The van der Waals surface area contributed by atoms with E-state index < -0.39 is 11.9 Å². The fraction of sp³-hybridized carbons (Fsp3) is 0.0476. The van der Waals surface area contributed by atoms with Gasteiger partial charge in [0.1, 0.15) is 11.5 Å². The molecule has 0 aliphatic carbocycles. The molecule has 0 aliphatic heterocycles. The van der Waals surface area contributed by atoms with Gasteiger partial charge >= 0.3 is 5.97 Å². The van der Waals surface area contributed by atoms with Gasteiger partial charge in [-0.1, -0.05) is 15.9 Å². The van der Waals surface area contributed by atoms with E-state index in [0.717, 1.165) is 10.2 Å². The highest BCUT2D eigenvalue weighted by Crippen LogP contribution is 2.22. The van der Waals surface area contributed by atoms with Gasteiger partial charge in [0.25, 0.3) is 5.91 Å². The molecule has 1 N–H and O–H groups in total. The quantitative estimate of drug-likeness (QED) is 0.199. The van der Waals surface area contributed by atoms with Gasteiger partial charge in [-0.25, -0.2) is 10.2 Å².